The van der Waals surface area contributed by atoms with E-state index < -0.39 is 0 Å². The van der Waals surface area contributed by atoms with Gasteiger partial charge in [-0.3, -0.25) is 0 Å². The third kappa shape index (κ3) is 2.79. The summed E-state index contributed by atoms with van der Waals surface area (Å²) in [7, 11) is 0. The fourth-order valence-electron chi connectivity index (χ4n) is 1.41. The van der Waals surface area contributed by atoms with Crippen molar-refractivity contribution in [2.24, 2.45) is 16.9 Å². The Morgan fingerprint density at radius 3 is 2.57 bits per heavy atom. The van der Waals surface area contributed by atoms with Gasteiger partial charge in [-0.15, -0.1) is 11.3 Å². The lowest BCUT2D eigenvalue weighted by atomic mass is 9.81. The van der Waals surface area contributed by atoms with Gasteiger partial charge < -0.3 is 11.5 Å². The maximum atomic E-state index is 6.21. The monoisotopic (exact) mass is 276 g/mol. The molecule has 0 saturated heterocycles. The molecule has 0 spiro atoms. The summed E-state index contributed by atoms with van der Waals surface area (Å²) in [5.41, 5.74) is 11.8. The highest BCUT2D eigenvalue weighted by Gasteiger charge is 2.27. The lowest BCUT2D eigenvalue weighted by Gasteiger charge is -2.30. The molecule has 0 aliphatic heterocycles. The predicted octanol–water partition coefficient (Wildman–Crippen LogP) is 2.89. The number of hydrogen-bond acceptors (Lipinski definition) is 3. The highest BCUT2D eigenvalue weighted by molar-refractivity contribution is 9.11. The van der Waals surface area contributed by atoms with Crippen LogP contribution in [0.4, 0.5) is 0 Å². The van der Waals surface area contributed by atoms with Gasteiger partial charge in [-0.05, 0) is 46.4 Å². The Bertz CT molecular complexity index is 296. The summed E-state index contributed by atoms with van der Waals surface area (Å²) < 4.78 is 1.13. The van der Waals surface area contributed by atoms with E-state index in [0.29, 0.717) is 6.54 Å². The van der Waals surface area contributed by atoms with Gasteiger partial charge in [-0.1, -0.05) is 13.8 Å². The first-order valence-electron chi connectivity index (χ1n) is 4.68. The van der Waals surface area contributed by atoms with Crippen LogP contribution >= 0.6 is 27.3 Å². The number of hydrogen-bond donors (Lipinski definition) is 2. The van der Waals surface area contributed by atoms with Crippen LogP contribution in [-0.2, 0) is 0 Å². The van der Waals surface area contributed by atoms with Gasteiger partial charge in [0.05, 0.1) is 3.79 Å². The quantitative estimate of drug-likeness (QED) is 0.889. The van der Waals surface area contributed by atoms with Crippen LogP contribution in [0.15, 0.2) is 15.9 Å². The number of nitrogens with two attached hydrogens (primary N) is 2. The van der Waals surface area contributed by atoms with E-state index in [2.05, 4.69) is 35.8 Å². The van der Waals surface area contributed by atoms with Crippen molar-refractivity contribution in [2.45, 2.75) is 26.3 Å². The zero-order valence-electron chi connectivity index (χ0n) is 8.59. The molecule has 4 heteroatoms. The van der Waals surface area contributed by atoms with Crippen molar-refractivity contribution in [2.75, 3.05) is 6.54 Å². The molecule has 0 fully saturated rings. The average molecular weight is 277 g/mol. The molecule has 1 unspecified atom stereocenters. The largest absolute Gasteiger partial charge is 0.330 e. The minimum absolute atomic E-state index is 0.0685. The van der Waals surface area contributed by atoms with E-state index >= 15 is 0 Å². The predicted molar refractivity (Wildman–Crippen MR) is 66.4 cm³/mol. The molecule has 1 rings (SSSR count). The lowest BCUT2D eigenvalue weighted by Crippen LogP contribution is -2.30. The van der Waals surface area contributed by atoms with Gasteiger partial charge in [0.15, 0.2) is 0 Å². The highest BCUT2D eigenvalue weighted by atomic mass is 79.9. The Kier molecular flexibility index (Phi) is 4.13. The topological polar surface area (TPSA) is 52.0 Å². The first-order valence-corrected chi connectivity index (χ1v) is 6.29. The molecule has 1 aromatic rings. The lowest BCUT2D eigenvalue weighted by molar-refractivity contribution is 0.274. The summed E-state index contributed by atoms with van der Waals surface area (Å²) in [4.78, 5) is 1.22. The van der Waals surface area contributed by atoms with Gasteiger partial charge >= 0.3 is 0 Å². The molecule has 14 heavy (non-hydrogen) atoms. The molecule has 0 radical (unpaired) electrons. The number of thiophene rings is 1. The second-order valence-corrected chi connectivity index (χ2v) is 6.64. The summed E-state index contributed by atoms with van der Waals surface area (Å²) in [5.74, 6) is 0. The highest BCUT2D eigenvalue weighted by Crippen LogP contribution is 2.38. The third-order valence-electron chi connectivity index (χ3n) is 2.53. The van der Waals surface area contributed by atoms with Crippen molar-refractivity contribution in [1.82, 2.24) is 0 Å². The molecular formula is C10H17BrN2S. The smallest absolute Gasteiger partial charge is 0.0701 e. The van der Waals surface area contributed by atoms with E-state index in [1.807, 2.05) is 6.07 Å². The summed E-state index contributed by atoms with van der Waals surface area (Å²) in [6.45, 7) is 5.02. The van der Waals surface area contributed by atoms with Crippen molar-refractivity contribution in [3.8, 4) is 0 Å². The van der Waals surface area contributed by atoms with Gasteiger partial charge in [0.25, 0.3) is 0 Å². The Labute approximate surface area is 97.8 Å². The molecular weight excluding hydrogens is 260 g/mol. The van der Waals surface area contributed by atoms with E-state index in [9.17, 15) is 0 Å². The van der Waals surface area contributed by atoms with Crippen molar-refractivity contribution in [3.05, 3.63) is 20.8 Å². The average Bonchev–Trinajstić information content (AvgIpc) is 2.50. The second-order valence-electron chi connectivity index (χ2n) is 4.15. The first kappa shape index (κ1) is 12.2. The molecule has 1 aromatic heterocycles. The second kappa shape index (κ2) is 4.75. The fourth-order valence-corrected chi connectivity index (χ4v) is 3.04. The Morgan fingerprint density at radius 1 is 1.50 bits per heavy atom. The van der Waals surface area contributed by atoms with Gasteiger partial charge in [-0.25, -0.2) is 0 Å². The van der Waals surface area contributed by atoms with Crippen LogP contribution in [0.2, 0.25) is 0 Å². The Balaban J connectivity index is 2.78. The van der Waals surface area contributed by atoms with Crippen LogP contribution in [0.5, 0.6) is 0 Å². The van der Waals surface area contributed by atoms with Crippen LogP contribution in [0.25, 0.3) is 0 Å². The molecule has 1 atom stereocenters. The van der Waals surface area contributed by atoms with E-state index in [1.54, 1.807) is 11.3 Å². The van der Waals surface area contributed by atoms with Crippen molar-refractivity contribution < 1.29 is 0 Å². The van der Waals surface area contributed by atoms with Crippen molar-refractivity contribution >= 4 is 27.3 Å². The SMILES string of the molecule is CC(C)(CCN)C(N)c1ccc(Br)s1. The minimum atomic E-state index is 0.0685. The summed E-state index contributed by atoms with van der Waals surface area (Å²) in [6, 6.07) is 4.19. The van der Waals surface area contributed by atoms with Gasteiger partial charge in [0.2, 0.25) is 0 Å². The maximum absolute atomic E-state index is 6.21. The van der Waals surface area contributed by atoms with Crippen LogP contribution in [0.1, 0.15) is 31.2 Å². The van der Waals surface area contributed by atoms with E-state index in [0.717, 1.165) is 10.2 Å². The summed E-state index contributed by atoms with van der Waals surface area (Å²) >= 11 is 5.14. The van der Waals surface area contributed by atoms with E-state index in [-0.39, 0.29) is 11.5 Å². The van der Waals surface area contributed by atoms with Crippen molar-refractivity contribution in [3.63, 3.8) is 0 Å². The zero-order valence-corrected chi connectivity index (χ0v) is 11.0. The Hall–Kier alpha value is 0.1000. The van der Waals surface area contributed by atoms with Gasteiger partial charge in [-0.2, -0.15) is 0 Å². The molecule has 0 amide bonds. The molecule has 0 aliphatic carbocycles. The maximum Gasteiger partial charge on any atom is 0.0701 e. The molecule has 0 aliphatic rings. The normalized spacial score (nSPS) is 14.4. The zero-order chi connectivity index (χ0) is 10.8. The fraction of sp³-hybridized carbons (Fsp3) is 0.600. The van der Waals surface area contributed by atoms with Gasteiger partial charge in [0.1, 0.15) is 0 Å². The number of rotatable bonds is 4. The van der Waals surface area contributed by atoms with E-state index in [4.69, 9.17) is 11.5 Å². The third-order valence-corrected chi connectivity index (χ3v) is 4.24. The minimum Gasteiger partial charge on any atom is -0.330 e. The van der Waals surface area contributed by atoms with Crippen LogP contribution in [0, 0.1) is 5.41 Å². The van der Waals surface area contributed by atoms with E-state index in [1.165, 1.54) is 4.88 Å². The molecule has 0 saturated carbocycles. The van der Waals surface area contributed by atoms with Gasteiger partial charge in [0, 0.05) is 10.9 Å². The molecule has 4 N–H and O–H groups in total. The Morgan fingerprint density at radius 2 is 2.14 bits per heavy atom. The van der Waals surface area contributed by atoms with Crippen LogP contribution < -0.4 is 11.5 Å². The van der Waals surface area contributed by atoms with Crippen LogP contribution in [-0.4, -0.2) is 6.54 Å². The molecule has 80 valence electrons. The summed E-state index contributed by atoms with van der Waals surface area (Å²) in [6.07, 6.45) is 0.948. The summed E-state index contributed by atoms with van der Waals surface area (Å²) in [5, 5.41) is 0. The molecule has 0 bridgehead atoms. The van der Waals surface area contributed by atoms with Crippen molar-refractivity contribution in [1.29, 1.82) is 0 Å². The van der Waals surface area contributed by atoms with Crippen LogP contribution in [0.3, 0.4) is 0 Å². The first-order chi connectivity index (χ1) is 6.47. The molecule has 1 heterocycles. The molecule has 2 nitrogen and oxygen atoms in total. The number of halogens is 1. The molecule has 0 aromatic carbocycles. The standard InChI is InChI=1S/C10H17BrN2S/c1-10(2,5-6-12)9(13)7-3-4-8(11)14-7/h3-4,9H,5-6,12-13H2,1-2H3.